The number of nitrogens with zero attached hydrogens (tertiary/aromatic N) is 3. The van der Waals surface area contributed by atoms with Crippen molar-refractivity contribution in [3.05, 3.63) is 84.9 Å². The Morgan fingerprint density at radius 3 is 2.45 bits per heavy atom. The van der Waals surface area contributed by atoms with E-state index in [-0.39, 0.29) is 0 Å². The van der Waals surface area contributed by atoms with Crippen molar-refractivity contribution in [3.63, 3.8) is 0 Å². The lowest BCUT2D eigenvalue weighted by molar-refractivity contribution is 0.215. The minimum absolute atomic E-state index is 0.386. The standard InChI is InChI=1S/C22H20N4O3/c1-16-21(15-23-26(16)17-9-11-18(28-2)12-10-17)29-22(27)24-19-7-3-4-8-20(19)25-13-5-6-14-25/h3-15H,1-2H3,(H,24,27). The van der Waals surface area contributed by atoms with E-state index in [2.05, 4.69) is 10.4 Å². The molecule has 0 saturated carbocycles. The first-order valence-electron chi connectivity index (χ1n) is 9.06. The molecule has 0 aliphatic heterocycles. The topological polar surface area (TPSA) is 70.3 Å². The SMILES string of the molecule is COc1ccc(-n2ncc(OC(=O)Nc3ccccc3-n3cccc3)c2C)cc1. The lowest BCUT2D eigenvalue weighted by Crippen LogP contribution is -2.18. The number of carbonyl (C=O) groups is 1. The average Bonchev–Trinajstić information content (AvgIpc) is 3.39. The quantitative estimate of drug-likeness (QED) is 0.543. The van der Waals surface area contributed by atoms with Gasteiger partial charge in [0.25, 0.3) is 0 Å². The first kappa shape index (κ1) is 18.4. The molecule has 4 aromatic rings. The molecule has 1 amide bonds. The predicted molar refractivity (Wildman–Crippen MR) is 110 cm³/mol. The van der Waals surface area contributed by atoms with Crippen LogP contribution in [0.1, 0.15) is 5.69 Å². The van der Waals surface area contributed by atoms with Gasteiger partial charge in [0.2, 0.25) is 0 Å². The largest absolute Gasteiger partial charge is 0.497 e. The monoisotopic (exact) mass is 388 g/mol. The van der Waals surface area contributed by atoms with Gasteiger partial charge in [-0.3, -0.25) is 5.32 Å². The summed E-state index contributed by atoms with van der Waals surface area (Å²) in [7, 11) is 1.62. The lowest BCUT2D eigenvalue weighted by atomic mass is 10.2. The number of benzene rings is 2. The smallest absolute Gasteiger partial charge is 0.417 e. The molecule has 0 unspecified atom stereocenters. The molecular formula is C22H20N4O3. The zero-order chi connectivity index (χ0) is 20.2. The molecule has 0 atom stereocenters. The van der Waals surface area contributed by atoms with Crippen molar-refractivity contribution >= 4 is 11.8 Å². The molecule has 2 aromatic heterocycles. The van der Waals surface area contributed by atoms with E-state index in [1.807, 2.05) is 84.5 Å². The van der Waals surface area contributed by atoms with Gasteiger partial charge in [0.1, 0.15) is 5.75 Å². The molecule has 2 aromatic carbocycles. The molecule has 7 nitrogen and oxygen atoms in total. The zero-order valence-electron chi connectivity index (χ0n) is 16.1. The van der Waals surface area contributed by atoms with Gasteiger partial charge in [0, 0.05) is 12.4 Å². The third-order valence-electron chi connectivity index (χ3n) is 4.51. The first-order valence-corrected chi connectivity index (χ1v) is 9.06. The summed E-state index contributed by atoms with van der Waals surface area (Å²) in [6.07, 6.45) is 4.77. The van der Waals surface area contributed by atoms with Crippen LogP contribution in [0.2, 0.25) is 0 Å². The second-order valence-corrected chi connectivity index (χ2v) is 6.33. The fourth-order valence-corrected chi connectivity index (χ4v) is 3.01. The Kier molecular flexibility index (Phi) is 5.03. The third kappa shape index (κ3) is 3.84. The number of hydrogen-bond donors (Lipinski definition) is 1. The highest BCUT2D eigenvalue weighted by molar-refractivity contribution is 5.89. The molecule has 29 heavy (non-hydrogen) atoms. The molecule has 1 N–H and O–H groups in total. The van der Waals surface area contributed by atoms with Crippen molar-refractivity contribution in [1.29, 1.82) is 0 Å². The number of amides is 1. The molecule has 0 fully saturated rings. The summed E-state index contributed by atoms with van der Waals surface area (Å²) in [5.74, 6) is 1.15. The second-order valence-electron chi connectivity index (χ2n) is 6.33. The van der Waals surface area contributed by atoms with E-state index in [4.69, 9.17) is 9.47 Å². The van der Waals surface area contributed by atoms with Crippen molar-refractivity contribution in [2.45, 2.75) is 6.92 Å². The van der Waals surface area contributed by atoms with Crippen molar-refractivity contribution in [2.75, 3.05) is 12.4 Å². The van der Waals surface area contributed by atoms with Crippen LogP contribution in [0.3, 0.4) is 0 Å². The van der Waals surface area contributed by atoms with Crippen LogP contribution in [0.15, 0.2) is 79.3 Å². The van der Waals surface area contributed by atoms with E-state index in [0.29, 0.717) is 17.1 Å². The van der Waals surface area contributed by atoms with Gasteiger partial charge in [0.15, 0.2) is 5.75 Å². The Balaban J connectivity index is 1.51. The van der Waals surface area contributed by atoms with Gasteiger partial charge in [-0.15, -0.1) is 0 Å². The fourth-order valence-electron chi connectivity index (χ4n) is 3.01. The maximum absolute atomic E-state index is 12.5. The summed E-state index contributed by atoms with van der Waals surface area (Å²) >= 11 is 0. The number of methoxy groups -OCH3 is 1. The normalized spacial score (nSPS) is 10.6. The highest BCUT2D eigenvalue weighted by Gasteiger charge is 2.15. The first-order chi connectivity index (χ1) is 14.2. The number of hydrogen-bond acceptors (Lipinski definition) is 4. The van der Waals surface area contributed by atoms with Gasteiger partial charge in [0.05, 0.1) is 36.1 Å². The predicted octanol–water partition coefficient (Wildman–Crippen LogP) is 4.59. The summed E-state index contributed by atoms with van der Waals surface area (Å²) in [6, 6.07) is 18.8. The number of aromatic nitrogens is 3. The van der Waals surface area contributed by atoms with E-state index in [0.717, 1.165) is 17.1 Å². The Morgan fingerprint density at radius 1 is 1.00 bits per heavy atom. The van der Waals surface area contributed by atoms with Crippen LogP contribution in [0.5, 0.6) is 11.5 Å². The van der Waals surface area contributed by atoms with Gasteiger partial charge in [-0.1, -0.05) is 12.1 Å². The van der Waals surface area contributed by atoms with Crippen LogP contribution in [0.25, 0.3) is 11.4 Å². The summed E-state index contributed by atoms with van der Waals surface area (Å²) in [4.78, 5) is 12.5. The molecule has 0 saturated heterocycles. The number of carbonyl (C=O) groups excluding carboxylic acids is 1. The van der Waals surface area contributed by atoms with Crippen molar-refractivity contribution in [1.82, 2.24) is 14.3 Å². The maximum atomic E-state index is 12.5. The van der Waals surface area contributed by atoms with E-state index in [9.17, 15) is 4.79 Å². The van der Waals surface area contributed by atoms with Gasteiger partial charge in [-0.25, -0.2) is 9.48 Å². The van der Waals surface area contributed by atoms with Gasteiger partial charge < -0.3 is 14.0 Å². The summed E-state index contributed by atoms with van der Waals surface area (Å²) in [6.45, 7) is 1.84. The number of anilines is 1. The summed E-state index contributed by atoms with van der Waals surface area (Å²) in [5.41, 5.74) is 3.05. The number of nitrogens with one attached hydrogen (secondary N) is 1. The molecule has 0 aliphatic carbocycles. The number of para-hydroxylation sites is 2. The molecule has 2 heterocycles. The number of ether oxygens (including phenoxy) is 2. The Bertz CT molecular complexity index is 1120. The zero-order valence-corrected chi connectivity index (χ0v) is 16.1. The molecule has 0 radical (unpaired) electrons. The van der Waals surface area contributed by atoms with Crippen molar-refractivity contribution < 1.29 is 14.3 Å². The van der Waals surface area contributed by atoms with Gasteiger partial charge in [-0.05, 0) is 55.5 Å². The average molecular weight is 388 g/mol. The van der Waals surface area contributed by atoms with Crippen molar-refractivity contribution in [2.24, 2.45) is 0 Å². The maximum Gasteiger partial charge on any atom is 0.417 e. The molecule has 0 bridgehead atoms. The third-order valence-corrected chi connectivity index (χ3v) is 4.51. The molecule has 7 heteroatoms. The van der Waals surface area contributed by atoms with Crippen LogP contribution in [-0.2, 0) is 0 Å². The van der Waals surface area contributed by atoms with Crippen LogP contribution < -0.4 is 14.8 Å². The van der Waals surface area contributed by atoms with E-state index in [1.54, 1.807) is 11.8 Å². The van der Waals surface area contributed by atoms with E-state index < -0.39 is 6.09 Å². The van der Waals surface area contributed by atoms with Crippen LogP contribution in [-0.4, -0.2) is 27.6 Å². The Labute approximate surface area is 168 Å². The summed E-state index contributed by atoms with van der Waals surface area (Å²) in [5, 5.41) is 7.13. The molecule has 0 aliphatic rings. The fraction of sp³-hybridized carbons (Fsp3) is 0.0909. The van der Waals surface area contributed by atoms with Gasteiger partial charge >= 0.3 is 6.09 Å². The van der Waals surface area contributed by atoms with E-state index in [1.165, 1.54) is 6.20 Å². The van der Waals surface area contributed by atoms with Crippen LogP contribution >= 0.6 is 0 Å². The molecule has 4 rings (SSSR count). The van der Waals surface area contributed by atoms with Crippen LogP contribution in [0, 0.1) is 6.92 Å². The Morgan fingerprint density at radius 2 is 1.72 bits per heavy atom. The second kappa shape index (κ2) is 7.93. The number of rotatable bonds is 5. The highest BCUT2D eigenvalue weighted by Crippen LogP contribution is 2.24. The van der Waals surface area contributed by atoms with Crippen molar-refractivity contribution in [3.8, 4) is 22.9 Å². The molecule has 0 spiro atoms. The minimum atomic E-state index is -0.581. The van der Waals surface area contributed by atoms with Gasteiger partial charge in [-0.2, -0.15) is 5.10 Å². The molecule has 146 valence electrons. The van der Waals surface area contributed by atoms with E-state index >= 15 is 0 Å². The molecular weight excluding hydrogens is 368 g/mol. The van der Waals surface area contributed by atoms with Crippen LogP contribution in [0.4, 0.5) is 10.5 Å². The minimum Gasteiger partial charge on any atom is -0.497 e. The Hall–Kier alpha value is -4.00. The highest BCUT2D eigenvalue weighted by atomic mass is 16.6. The summed E-state index contributed by atoms with van der Waals surface area (Å²) < 4.78 is 14.3. The lowest BCUT2D eigenvalue weighted by Gasteiger charge is -2.12.